The summed E-state index contributed by atoms with van der Waals surface area (Å²) >= 11 is 0. The highest BCUT2D eigenvalue weighted by atomic mass is 16.3. The number of aromatic nitrogens is 1. The summed E-state index contributed by atoms with van der Waals surface area (Å²) in [5.41, 5.74) is 1.92. The van der Waals surface area contributed by atoms with Crippen molar-refractivity contribution < 1.29 is 9.90 Å². The maximum absolute atomic E-state index is 11.6. The first kappa shape index (κ1) is 13.5. The van der Waals surface area contributed by atoms with E-state index in [0.29, 0.717) is 19.4 Å². The number of hydrogen-bond acceptors (Lipinski definition) is 3. The van der Waals surface area contributed by atoms with Gasteiger partial charge in [0.25, 0.3) is 0 Å². The van der Waals surface area contributed by atoms with E-state index < -0.39 is 6.10 Å². The molecule has 2 aromatic rings. The van der Waals surface area contributed by atoms with E-state index in [9.17, 15) is 4.79 Å². The fourth-order valence-corrected chi connectivity index (χ4v) is 1.93. The molecule has 2 N–H and O–H groups in total. The second kappa shape index (κ2) is 6.29. The van der Waals surface area contributed by atoms with Gasteiger partial charge >= 0.3 is 0 Å². The maximum Gasteiger partial charge on any atom is 0.220 e. The molecule has 2 rings (SSSR count). The van der Waals surface area contributed by atoms with Gasteiger partial charge in [-0.3, -0.25) is 9.78 Å². The van der Waals surface area contributed by atoms with Crippen molar-refractivity contribution >= 4 is 16.8 Å². The second-order valence-electron chi connectivity index (χ2n) is 4.66. The molecule has 4 heteroatoms. The normalized spacial score (nSPS) is 12.3. The molecular formula is C15H18N2O2. The number of hydrogen-bond donors (Lipinski definition) is 2. The van der Waals surface area contributed by atoms with E-state index in [1.807, 2.05) is 30.3 Å². The quantitative estimate of drug-likeness (QED) is 0.862. The van der Waals surface area contributed by atoms with E-state index in [4.69, 9.17) is 5.11 Å². The van der Waals surface area contributed by atoms with Gasteiger partial charge in [-0.25, -0.2) is 0 Å². The van der Waals surface area contributed by atoms with Crippen molar-refractivity contribution in [1.29, 1.82) is 0 Å². The molecule has 0 spiro atoms. The van der Waals surface area contributed by atoms with Crippen LogP contribution >= 0.6 is 0 Å². The monoisotopic (exact) mass is 258 g/mol. The first-order chi connectivity index (χ1) is 9.16. The lowest BCUT2D eigenvalue weighted by Gasteiger charge is -2.08. The van der Waals surface area contributed by atoms with Gasteiger partial charge in [0.15, 0.2) is 0 Å². The Morgan fingerprint density at radius 1 is 1.37 bits per heavy atom. The summed E-state index contributed by atoms with van der Waals surface area (Å²) < 4.78 is 0. The third-order valence-electron chi connectivity index (χ3n) is 2.98. The van der Waals surface area contributed by atoms with Crippen molar-refractivity contribution in [2.75, 3.05) is 0 Å². The molecule has 1 aromatic heterocycles. The molecule has 1 aromatic carbocycles. The zero-order valence-corrected chi connectivity index (χ0v) is 11.0. The van der Waals surface area contributed by atoms with Crippen molar-refractivity contribution in [1.82, 2.24) is 10.3 Å². The molecule has 0 radical (unpaired) electrons. The topological polar surface area (TPSA) is 62.2 Å². The lowest BCUT2D eigenvalue weighted by molar-refractivity contribution is -0.121. The van der Waals surface area contributed by atoms with Crippen LogP contribution < -0.4 is 5.32 Å². The highest BCUT2D eigenvalue weighted by Gasteiger charge is 2.06. The molecule has 1 heterocycles. The van der Waals surface area contributed by atoms with Crippen LogP contribution in [0, 0.1) is 0 Å². The molecule has 0 saturated carbocycles. The molecule has 1 amide bonds. The first-order valence-corrected chi connectivity index (χ1v) is 6.44. The summed E-state index contributed by atoms with van der Waals surface area (Å²) in [4.78, 5) is 16.0. The zero-order chi connectivity index (χ0) is 13.7. The first-order valence-electron chi connectivity index (χ1n) is 6.44. The van der Waals surface area contributed by atoms with Crippen LogP contribution in [0.3, 0.4) is 0 Å². The third kappa shape index (κ3) is 3.76. The summed E-state index contributed by atoms with van der Waals surface area (Å²) in [6.45, 7) is 2.15. The second-order valence-corrected chi connectivity index (χ2v) is 4.66. The smallest absolute Gasteiger partial charge is 0.220 e. The van der Waals surface area contributed by atoms with Crippen molar-refractivity contribution in [2.24, 2.45) is 0 Å². The fraction of sp³-hybridized carbons (Fsp3) is 0.333. The fourth-order valence-electron chi connectivity index (χ4n) is 1.93. The standard InChI is InChI=1S/C15H18N2O2/c1-11(18)7-8-14(19)17-10-13-5-2-4-12-6-3-9-16-15(12)13/h2-6,9,11,18H,7-8,10H2,1H3,(H,17,19). The average molecular weight is 258 g/mol. The number of nitrogens with zero attached hydrogens (tertiary/aromatic N) is 1. The lowest BCUT2D eigenvalue weighted by Crippen LogP contribution is -2.23. The Kier molecular flexibility index (Phi) is 4.47. The molecule has 4 nitrogen and oxygen atoms in total. The van der Waals surface area contributed by atoms with Crippen molar-refractivity contribution in [3.8, 4) is 0 Å². The van der Waals surface area contributed by atoms with E-state index in [1.54, 1.807) is 13.1 Å². The van der Waals surface area contributed by atoms with Gasteiger partial charge in [0.05, 0.1) is 11.6 Å². The van der Waals surface area contributed by atoms with Crippen LogP contribution in [0.15, 0.2) is 36.5 Å². The Morgan fingerprint density at radius 2 is 2.16 bits per heavy atom. The number of aliphatic hydroxyl groups excluding tert-OH is 1. The van der Waals surface area contributed by atoms with Crippen LogP contribution in [0.5, 0.6) is 0 Å². The molecule has 0 aliphatic heterocycles. The molecule has 0 fully saturated rings. The van der Waals surface area contributed by atoms with Crippen LogP contribution in [0.2, 0.25) is 0 Å². The molecule has 0 saturated heterocycles. The number of para-hydroxylation sites is 1. The van der Waals surface area contributed by atoms with Gasteiger partial charge in [-0.15, -0.1) is 0 Å². The summed E-state index contributed by atoms with van der Waals surface area (Å²) in [5, 5.41) is 13.1. The van der Waals surface area contributed by atoms with Gasteiger partial charge in [-0.05, 0) is 25.0 Å². The van der Waals surface area contributed by atoms with E-state index >= 15 is 0 Å². The number of amides is 1. The number of carbonyl (C=O) groups is 1. The van der Waals surface area contributed by atoms with Crippen molar-refractivity contribution in [2.45, 2.75) is 32.4 Å². The highest BCUT2D eigenvalue weighted by molar-refractivity contribution is 5.82. The summed E-state index contributed by atoms with van der Waals surface area (Å²) in [6.07, 6.45) is 2.14. The number of carbonyl (C=O) groups excluding carboxylic acids is 1. The Balaban J connectivity index is 2.00. The van der Waals surface area contributed by atoms with Crippen LogP contribution in [-0.4, -0.2) is 22.1 Å². The number of rotatable bonds is 5. The van der Waals surface area contributed by atoms with Gasteiger partial charge in [0, 0.05) is 24.5 Å². The zero-order valence-electron chi connectivity index (χ0n) is 11.0. The Bertz CT molecular complexity index is 562. The largest absolute Gasteiger partial charge is 0.393 e. The molecule has 0 bridgehead atoms. The van der Waals surface area contributed by atoms with Crippen LogP contribution in [0.4, 0.5) is 0 Å². The molecule has 19 heavy (non-hydrogen) atoms. The number of fused-ring (bicyclic) bond motifs is 1. The third-order valence-corrected chi connectivity index (χ3v) is 2.98. The highest BCUT2D eigenvalue weighted by Crippen LogP contribution is 2.15. The molecule has 1 atom stereocenters. The minimum Gasteiger partial charge on any atom is -0.393 e. The molecule has 0 aliphatic carbocycles. The van der Waals surface area contributed by atoms with E-state index in [1.165, 1.54) is 0 Å². The van der Waals surface area contributed by atoms with Gasteiger partial charge < -0.3 is 10.4 Å². The Hall–Kier alpha value is -1.94. The van der Waals surface area contributed by atoms with Crippen LogP contribution in [-0.2, 0) is 11.3 Å². The summed E-state index contributed by atoms with van der Waals surface area (Å²) in [6, 6.07) is 9.82. The minimum atomic E-state index is -0.440. The van der Waals surface area contributed by atoms with Crippen molar-refractivity contribution in [3.63, 3.8) is 0 Å². The van der Waals surface area contributed by atoms with Gasteiger partial charge in [-0.1, -0.05) is 24.3 Å². The minimum absolute atomic E-state index is 0.0474. The molecule has 0 aliphatic rings. The van der Waals surface area contributed by atoms with E-state index in [-0.39, 0.29) is 5.91 Å². The summed E-state index contributed by atoms with van der Waals surface area (Å²) in [7, 11) is 0. The lowest BCUT2D eigenvalue weighted by atomic mass is 10.1. The van der Waals surface area contributed by atoms with Crippen LogP contribution in [0.25, 0.3) is 10.9 Å². The van der Waals surface area contributed by atoms with E-state index in [2.05, 4.69) is 10.3 Å². The maximum atomic E-state index is 11.6. The molecular weight excluding hydrogens is 240 g/mol. The van der Waals surface area contributed by atoms with Gasteiger partial charge in [0.1, 0.15) is 0 Å². The Labute approximate surface area is 112 Å². The van der Waals surface area contributed by atoms with Crippen LogP contribution in [0.1, 0.15) is 25.3 Å². The number of pyridine rings is 1. The number of benzene rings is 1. The number of nitrogens with one attached hydrogen (secondary N) is 1. The van der Waals surface area contributed by atoms with Gasteiger partial charge in [-0.2, -0.15) is 0 Å². The van der Waals surface area contributed by atoms with Gasteiger partial charge in [0.2, 0.25) is 5.91 Å². The van der Waals surface area contributed by atoms with Crippen molar-refractivity contribution in [3.05, 3.63) is 42.1 Å². The predicted octanol–water partition coefficient (Wildman–Crippen LogP) is 2.01. The predicted molar refractivity (Wildman–Crippen MR) is 74.5 cm³/mol. The number of aliphatic hydroxyl groups is 1. The molecule has 100 valence electrons. The summed E-state index contributed by atoms with van der Waals surface area (Å²) in [5.74, 6) is -0.0474. The van der Waals surface area contributed by atoms with E-state index in [0.717, 1.165) is 16.5 Å². The Morgan fingerprint density at radius 3 is 2.95 bits per heavy atom. The average Bonchev–Trinajstić information content (AvgIpc) is 2.42. The molecule has 1 unspecified atom stereocenters. The SMILES string of the molecule is CC(O)CCC(=O)NCc1cccc2cccnc12.